The van der Waals surface area contributed by atoms with Crippen molar-refractivity contribution in [3.63, 3.8) is 0 Å². The Labute approximate surface area is 144 Å². The van der Waals surface area contributed by atoms with Crippen LogP contribution in [0.4, 0.5) is 0 Å². The molecule has 1 aliphatic rings. The monoisotopic (exact) mass is 370 g/mol. The Morgan fingerprint density at radius 3 is 2.60 bits per heavy atom. The maximum atomic E-state index is 12.3. The molecule has 2 rings (SSSR count). The number of carboxylic acid groups (broad SMARTS) is 1. The number of hydrogen-bond acceptors (Lipinski definition) is 6. The second kappa shape index (κ2) is 7.19. The summed E-state index contributed by atoms with van der Waals surface area (Å²) in [7, 11) is -2.59. The van der Waals surface area contributed by atoms with Crippen LogP contribution in [0.1, 0.15) is 34.1 Å². The minimum atomic E-state index is -3.99. The molecular formula is C15H18N2O7S. The van der Waals surface area contributed by atoms with Crippen molar-refractivity contribution in [2.75, 3.05) is 20.3 Å². The summed E-state index contributed by atoms with van der Waals surface area (Å²) in [6.45, 7) is 1.65. The van der Waals surface area contributed by atoms with Gasteiger partial charge in [0.25, 0.3) is 21.8 Å². The highest BCUT2D eigenvalue weighted by Gasteiger charge is 2.40. The fourth-order valence-electron chi connectivity index (χ4n) is 2.46. The topological polar surface area (TPSA) is 130 Å². The molecule has 0 saturated heterocycles. The molecular weight excluding hydrogens is 352 g/mol. The molecule has 9 nitrogen and oxygen atoms in total. The first-order valence-corrected chi connectivity index (χ1v) is 8.91. The van der Waals surface area contributed by atoms with Crippen molar-refractivity contribution >= 4 is 27.8 Å². The van der Waals surface area contributed by atoms with E-state index in [0.29, 0.717) is 0 Å². The van der Waals surface area contributed by atoms with Gasteiger partial charge in [-0.25, -0.2) is 17.5 Å². The maximum Gasteiger partial charge on any atom is 0.326 e. The SMILES string of the molecule is CCN1C(=O)c2ccc(C(=O)NC(CCOC)C(=O)O)cc2S1(=O)=O. The zero-order chi connectivity index (χ0) is 18.8. The van der Waals surface area contributed by atoms with E-state index in [1.165, 1.54) is 26.2 Å². The van der Waals surface area contributed by atoms with Crippen molar-refractivity contribution in [1.29, 1.82) is 0 Å². The number of carboxylic acids is 1. The maximum absolute atomic E-state index is 12.3. The van der Waals surface area contributed by atoms with Crippen LogP contribution >= 0.6 is 0 Å². The van der Waals surface area contributed by atoms with Crippen LogP contribution in [0.15, 0.2) is 23.1 Å². The number of fused-ring (bicyclic) bond motifs is 1. The van der Waals surface area contributed by atoms with E-state index in [4.69, 9.17) is 9.84 Å². The number of rotatable bonds is 7. The predicted molar refractivity (Wildman–Crippen MR) is 85.7 cm³/mol. The van der Waals surface area contributed by atoms with Gasteiger partial charge >= 0.3 is 5.97 Å². The molecule has 0 bridgehead atoms. The van der Waals surface area contributed by atoms with Gasteiger partial charge in [-0.2, -0.15) is 0 Å². The van der Waals surface area contributed by atoms with E-state index in [9.17, 15) is 22.8 Å². The molecule has 1 aromatic rings. The molecule has 0 saturated carbocycles. The van der Waals surface area contributed by atoms with Crippen molar-refractivity contribution in [2.24, 2.45) is 0 Å². The molecule has 136 valence electrons. The standard InChI is InChI=1S/C15H18N2O7S/c1-3-17-14(19)10-5-4-9(8-12(10)25(17,22)23)13(18)16-11(15(20)21)6-7-24-2/h4-5,8,11H,3,6-7H2,1-2H3,(H,16,18)(H,20,21). The fourth-order valence-corrected chi connectivity index (χ4v) is 4.07. The van der Waals surface area contributed by atoms with Crippen LogP contribution < -0.4 is 5.32 Å². The van der Waals surface area contributed by atoms with Crippen LogP contribution in [0.2, 0.25) is 0 Å². The van der Waals surface area contributed by atoms with E-state index in [1.54, 1.807) is 0 Å². The summed E-state index contributed by atoms with van der Waals surface area (Å²) in [5, 5.41) is 11.4. The third-order valence-electron chi connectivity index (χ3n) is 3.77. The van der Waals surface area contributed by atoms with Crippen molar-refractivity contribution in [3.05, 3.63) is 29.3 Å². The number of sulfonamides is 1. The number of carbonyl (C=O) groups excluding carboxylic acids is 2. The molecule has 0 aromatic heterocycles. The molecule has 0 aliphatic carbocycles. The second-order valence-electron chi connectivity index (χ2n) is 5.33. The van der Waals surface area contributed by atoms with Crippen molar-refractivity contribution in [1.82, 2.24) is 9.62 Å². The van der Waals surface area contributed by atoms with Gasteiger partial charge in [0.2, 0.25) is 0 Å². The first-order valence-electron chi connectivity index (χ1n) is 7.47. The minimum absolute atomic E-state index is 0.00688. The highest BCUT2D eigenvalue weighted by Crippen LogP contribution is 2.30. The Bertz CT molecular complexity index is 819. The van der Waals surface area contributed by atoms with Gasteiger partial charge in [0.1, 0.15) is 10.9 Å². The normalized spacial score (nSPS) is 16.4. The summed E-state index contributed by atoms with van der Waals surface area (Å²) in [6.07, 6.45) is 0.0584. The van der Waals surface area contributed by atoms with Crippen LogP contribution in [0.5, 0.6) is 0 Å². The second-order valence-corrected chi connectivity index (χ2v) is 7.16. The van der Waals surface area contributed by atoms with E-state index < -0.39 is 33.8 Å². The number of aliphatic carboxylic acids is 1. The van der Waals surface area contributed by atoms with E-state index in [0.717, 1.165) is 10.4 Å². The third kappa shape index (κ3) is 3.49. The summed E-state index contributed by atoms with van der Waals surface area (Å²) < 4.78 is 30.2. The molecule has 10 heteroatoms. The number of ether oxygens (including phenoxy) is 1. The fraction of sp³-hybridized carbons (Fsp3) is 0.400. The average Bonchev–Trinajstić information content (AvgIpc) is 2.76. The number of benzene rings is 1. The van der Waals surface area contributed by atoms with Gasteiger partial charge in [-0.15, -0.1) is 0 Å². The lowest BCUT2D eigenvalue weighted by molar-refractivity contribution is -0.139. The van der Waals surface area contributed by atoms with Crippen molar-refractivity contribution < 1.29 is 32.6 Å². The lowest BCUT2D eigenvalue weighted by Gasteiger charge is -2.14. The molecule has 25 heavy (non-hydrogen) atoms. The third-order valence-corrected chi connectivity index (χ3v) is 5.67. The molecule has 0 radical (unpaired) electrons. The van der Waals surface area contributed by atoms with E-state index in [-0.39, 0.29) is 35.6 Å². The Balaban J connectivity index is 2.30. The van der Waals surface area contributed by atoms with Crippen molar-refractivity contribution in [2.45, 2.75) is 24.3 Å². The molecule has 2 N–H and O–H groups in total. The Kier molecular flexibility index (Phi) is 5.43. The van der Waals surface area contributed by atoms with Gasteiger partial charge in [0, 0.05) is 32.2 Å². The summed E-state index contributed by atoms with van der Waals surface area (Å²) in [4.78, 5) is 35.2. The number of carbonyl (C=O) groups is 3. The molecule has 0 fully saturated rings. The molecule has 1 heterocycles. The average molecular weight is 370 g/mol. The van der Waals surface area contributed by atoms with Gasteiger partial charge in [0.15, 0.2) is 0 Å². The van der Waals surface area contributed by atoms with Crippen LogP contribution in [-0.4, -0.2) is 61.9 Å². The zero-order valence-corrected chi connectivity index (χ0v) is 14.5. The Hall–Kier alpha value is -2.46. The molecule has 2 amide bonds. The van der Waals surface area contributed by atoms with Gasteiger partial charge in [0.05, 0.1) is 5.56 Å². The van der Waals surface area contributed by atoms with Crippen LogP contribution in [0, 0.1) is 0 Å². The van der Waals surface area contributed by atoms with Gasteiger partial charge in [-0.3, -0.25) is 9.59 Å². The smallest absolute Gasteiger partial charge is 0.326 e. The summed E-state index contributed by atoms with van der Waals surface area (Å²) in [5.74, 6) is -2.62. The lowest BCUT2D eigenvalue weighted by atomic mass is 10.1. The summed E-state index contributed by atoms with van der Waals surface area (Å²) in [6, 6.07) is 2.45. The quantitative estimate of drug-likeness (QED) is 0.694. The summed E-state index contributed by atoms with van der Waals surface area (Å²) in [5.41, 5.74) is -0.0516. The number of amides is 2. The van der Waals surface area contributed by atoms with E-state index in [1.807, 2.05) is 0 Å². The number of hydrogen-bond donors (Lipinski definition) is 2. The van der Waals surface area contributed by atoms with E-state index >= 15 is 0 Å². The van der Waals surface area contributed by atoms with Crippen LogP contribution in [0.3, 0.4) is 0 Å². The highest BCUT2D eigenvalue weighted by molar-refractivity contribution is 7.90. The van der Waals surface area contributed by atoms with E-state index in [2.05, 4.69) is 5.32 Å². The van der Waals surface area contributed by atoms with Crippen LogP contribution in [0.25, 0.3) is 0 Å². The highest BCUT2D eigenvalue weighted by atomic mass is 32.2. The molecule has 1 aromatic carbocycles. The molecule has 1 unspecified atom stereocenters. The Morgan fingerprint density at radius 2 is 2.04 bits per heavy atom. The number of nitrogens with one attached hydrogen (secondary N) is 1. The van der Waals surface area contributed by atoms with Crippen molar-refractivity contribution in [3.8, 4) is 0 Å². The first-order chi connectivity index (χ1) is 11.7. The van der Waals surface area contributed by atoms with Gasteiger partial charge < -0.3 is 15.2 Å². The molecule has 1 atom stereocenters. The summed E-state index contributed by atoms with van der Waals surface area (Å²) >= 11 is 0. The van der Waals surface area contributed by atoms with Gasteiger partial charge in [-0.05, 0) is 25.1 Å². The predicted octanol–water partition coefficient (Wildman–Crippen LogP) is 0.0705. The lowest BCUT2D eigenvalue weighted by Crippen LogP contribution is -2.41. The molecule has 1 aliphatic heterocycles. The number of methoxy groups -OCH3 is 1. The molecule has 0 spiro atoms. The Morgan fingerprint density at radius 1 is 1.36 bits per heavy atom. The van der Waals surface area contributed by atoms with Gasteiger partial charge in [-0.1, -0.05) is 0 Å². The number of nitrogens with zero attached hydrogens (tertiary/aromatic N) is 1. The van der Waals surface area contributed by atoms with Crippen LogP contribution in [-0.2, 0) is 19.6 Å². The zero-order valence-electron chi connectivity index (χ0n) is 13.7. The first kappa shape index (κ1) is 18.9. The largest absolute Gasteiger partial charge is 0.480 e. The minimum Gasteiger partial charge on any atom is -0.480 e.